The number of nitrogens with one attached hydrogen (secondary N) is 4. The van der Waals surface area contributed by atoms with Crippen molar-refractivity contribution in [2.75, 3.05) is 19.6 Å². The van der Waals surface area contributed by atoms with Gasteiger partial charge in [0, 0.05) is 19.5 Å². The molecule has 4 rings (SSSR count). The van der Waals surface area contributed by atoms with Crippen LogP contribution in [-0.2, 0) is 35.1 Å². The maximum atomic E-state index is 13.4. The van der Waals surface area contributed by atoms with Crippen LogP contribution < -0.4 is 27.0 Å². The Bertz CT molecular complexity index is 1210. The SMILES string of the molecule is NCCCC[C@H]1NC(=O)[C@H]2O[C@@H](CNC(=O)[C@@H](Cc3ccccc3)NC(=O)[C@H]3O[C@@H](CNC1=O)[C@H](O)[C@@H](O)[C@@H]3O)[C@H](O)[C@@H](O)[C@@H]2O. The van der Waals surface area contributed by atoms with Gasteiger partial charge < -0.3 is 67.1 Å². The summed E-state index contributed by atoms with van der Waals surface area (Å²) in [4.78, 5) is 53.3. The van der Waals surface area contributed by atoms with Crippen LogP contribution in [0.2, 0.25) is 0 Å². The summed E-state index contributed by atoms with van der Waals surface area (Å²) in [5.41, 5.74) is 6.20. The van der Waals surface area contributed by atoms with Crippen molar-refractivity contribution in [3.63, 3.8) is 0 Å². The largest absolute Gasteiger partial charge is 0.388 e. The molecule has 12 N–H and O–H groups in total. The molecule has 3 aliphatic rings. The Morgan fingerprint density at radius 3 is 1.61 bits per heavy atom. The van der Waals surface area contributed by atoms with Gasteiger partial charge in [-0.05, 0) is 31.4 Å². The molecule has 3 saturated heterocycles. The lowest BCUT2D eigenvalue weighted by atomic mass is 9.93. The molecule has 1 aromatic rings. The fourth-order valence-electron chi connectivity index (χ4n) is 5.65. The monoisotopic (exact) mass is 653 g/mol. The summed E-state index contributed by atoms with van der Waals surface area (Å²) >= 11 is 0. The molecule has 0 saturated carbocycles. The van der Waals surface area contributed by atoms with Crippen molar-refractivity contribution in [2.24, 2.45) is 5.73 Å². The third-order valence-electron chi connectivity index (χ3n) is 8.39. The fraction of sp³-hybridized carbons (Fsp3) is 0.655. The Hall–Kier alpha value is -3.26. The molecular weight excluding hydrogens is 610 g/mol. The molecule has 4 amide bonds. The number of nitrogens with two attached hydrogens (primary N) is 1. The van der Waals surface area contributed by atoms with E-state index in [1.807, 2.05) is 0 Å². The molecule has 3 heterocycles. The van der Waals surface area contributed by atoms with E-state index in [0.29, 0.717) is 24.9 Å². The van der Waals surface area contributed by atoms with Gasteiger partial charge in [-0.3, -0.25) is 19.2 Å². The number of fused-ring (bicyclic) bond motifs is 4. The quantitative estimate of drug-likeness (QED) is 0.128. The maximum Gasteiger partial charge on any atom is 0.252 e. The van der Waals surface area contributed by atoms with Gasteiger partial charge in [0.05, 0.1) is 0 Å². The Kier molecular flexibility index (Phi) is 12.4. The summed E-state index contributed by atoms with van der Waals surface area (Å²) in [6.45, 7) is -0.618. The third kappa shape index (κ3) is 8.36. The molecule has 4 bridgehead atoms. The van der Waals surface area contributed by atoms with Crippen LogP contribution in [-0.4, -0.2) is 147 Å². The van der Waals surface area contributed by atoms with Gasteiger partial charge in [0.2, 0.25) is 11.8 Å². The molecular formula is C29H43N5O12. The minimum Gasteiger partial charge on any atom is -0.388 e. The first-order valence-electron chi connectivity index (χ1n) is 15.2. The summed E-state index contributed by atoms with van der Waals surface area (Å²) in [6.07, 6.45) is -16.3. The highest BCUT2D eigenvalue weighted by atomic mass is 16.5. The smallest absolute Gasteiger partial charge is 0.252 e. The number of carbonyl (C=O) groups excluding carboxylic acids is 4. The number of carbonyl (C=O) groups is 4. The molecule has 1 aromatic carbocycles. The van der Waals surface area contributed by atoms with E-state index in [4.69, 9.17) is 15.2 Å². The van der Waals surface area contributed by atoms with Crippen LogP contribution in [0.3, 0.4) is 0 Å². The van der Waals surface area contributed by atoms with E-state index in [1.165, 1.54) is 0 Å². The predicted molar refractivity (Wildman–Crippen MR) is 156 cm³/mol. The van der Waals surface area contributed by atoms with Gasteiger partial charge in [0.1, 0.15) is 60.9 Å². The van der Waals surface area contributed by atoms with Gasteiger partial charge in [-0.1, -0.05) is 30.3 Å². The number of hydrogen-bond donors (Lipinski definition) is 11. The van der Waals surface area contributed by atoms with Crippen molar-refractivity contribution < 1.29 is 59.3 Å². The number of aliphatic hydroxyl groups is 6. The third-order valence-corrected chi connectivity index (χ3v) is 8.39. The highest BCUT2D eigenvalue weighted by Gasteiger charge is 2.49. The molecule has 3 fully saturated rings. The van der Waals surface area contributed by atoms with E-state index >= 15 is 0 Å². The van der Waals surface area contributed by atoms with Crippen LogP contribution in [0.15, 0.2) is 30.3 Å². The summed E-state index contributed by atoms with van der Waals surface area (Å²) in [6, 6.07) is 6.07. The van der Waals surface area contributed by atoms with Crippen LogP contribution >= 0.6 is 0 Å². The minimum absolute atomic E-state index is 0.0438. The van der Waals surface area contributed by atoms with Gasteiger partial charge >= 0.3 is 0 Å². The van der Waals surface area contributed by atoms with Gasteiger partial charge in [0.25, 0.3) is 11.8 Å². The van der Waals surface area contributed by atoms with E-state index in [0.717, 1.165) is 0 Å². The number of benzene rings is 1. The lowest BCUT2D eigenvalue weighted by Gasteiger charge is -2.41. The maximum absolute atomic E-state index is 13.4. The Labute approximate surface area is 264 Å². The predicted octanol–water partition coefficient (Wildman–Crippen LogP) is -5.73. The summed E-state index contributed by atoms with van der Waals surface area (Å²) in [5.74, 6) is -3.50. The molecule has 0 radical (unpaired) electrons. The number of unbranched alkanes of at least 4 members (excludes halogenated alkanes) is 1. The Balaban J connectivity index is 1.65. The first-order valence-corrected chi connectivity index (χ1v) is 15.2. The molecule has 0 aromatic heterocycles. The van der Waals surface area contributed by atoms with Crippen molar-refractivity contribution in [1.29, 1.82) is 0 Å². The molecule has 17 heteroatoms. The van der Waals surface area contributed by atoms with Crippen molar-refractivity contribution >= 4 is 23.6 Å². The van der Waals surface area contributed by atoms with E-state index in [9.17, 15) is 49.8 Å². The Morgan fingerprint density at radius 1 is 0.630 bits per heavy atom. The first kappa shape index (κ1) is 35.6. The number of aliphatic hydroxyl groups excluding tert-OH is 6. The van der Waals surface area contributed by atoms with Crippen molar-refractivity contribution in [3.05, 3.63) is 35.9 Å². The normalized spacial score (nSPS) is 38.0. The zero-order valence-electron chi connectivity index (χ0n) is 25.0. The molecule has 256 valence electrons. The molecule has 0 spiro atoms. The van der Waals surface area contributed by atoms with Crippen molar-refractivity contribution in [3.8, 4) is 0 Å². The summed E-state index contributed by atoms with van der Waals surface area (Å²) in [5, 5.41) is 73.4. The number of rotatable bonds is 6. The lowest BCUT2D eigenvalue weighted by Crippen LogP contribution is -2.66. The van der Waals surface area contributed by atoms with Gasteiger partial charge in [-0.25, -0.2) is 0 Å². The zero-order chi connectivity index (χ0) is 33.5. The molecule has 17 nitrogen and oxygen atoms in total. The van der Waals surface area contributed by atoms with E-state index in [1.54, 1.807) is 30.3 Å². The summed E-state index contributed by atoms with van der Waals surface area (Å²) < 4.78 is 11.3. The molecule has 0 unspecified atom stereocenters. The van der Waals surface area contributed by atoms with Crippen molar-refractivity contribution in [1.82, 2.24) is 21.3 Å². The zero-order valence-corrected chi connectivity index (χ0v) is 25.0. The second-order valence-corrected chi connectivity index (χ2v) is 11.7. The molecule has 3 aliphatic heterocycles. The van der Waals surface area contributed by atoms with Crippen LogP contribution in [0.4, 0.5) is 0 Å². The second-order valence-electron chi connectivity index (χ2n) is 11.7. The lowest BCUT2D eigenvalue weighted by molar-refractivity contribution is -0.220. The van der Waals surface area contributed by atoms with E-state index in [2.05, 4.69) is 21.3 Å². The topological polar surface area (TPSA) is 282 Å². The highest BCUT2D eigenvalue weighted by Crippen LogP contribution is 2.24. The first-order chi connectivity index (χ1) is 21.9. The van der Waals surface area contributed by atoms with Gasteiger partial charge in [-0.2, -0.15) is 0 Å². The van der Waals surface area contributed by atoms with Crippen molar-refractivity contribution in [2.45, 2.75) is 98.8 Å². The minimum atomic E-state index is -1.90. The standard InChI is InChI=1S/C29H43N5O12/c30-9-5-4-8-14-26(41)31-11-16-18(35)21(38)23(40)25(46-16)29(44)34-15(10-13-6-2-1-3-7-13)27(42)32-12-17-19(36)20(37)22(39)24(45-17)28(43)33-14/h1-3,6-7,14-25,35-40H,4-5,8-12,30H2,(H,31,41)(H,32,42)(H,33,43)(H,34,44)/t14-,15-,16+,17+,18+,19+,20-,21-,22+,23+,24+,25+/m1/s1. The number of hydrogen-bond acceptors (Lipinski definition) is 13. The van der Waals surface area contributed by atoms with Gasteiger partial charge in [-0.15, -0.1) is 0 Å². The molecule has 0 aliphatic carbocycles. The number of ether oxygens (including phenoxy) is 2. The molecule has 46 heavy (non-hydrogen) atoms. The van der Waals surface area contributed by atoms with Gasteiger partial charge in [0.15, 0.2) is 12.2 Å². The highest BCUT2D eigenvalue weighted by molar-refractivity contribution is 5.91. The van der Waals surface area contributed by atoms with Crippen LogP contribution in [0.5, 0.6) is 0 Å². The van der Waals surface area contributed by atoms with E-state index in [-0.39, 0.29) is 12.8 Å². The van der Waals surface area contributed by atoms with E-state index < -0.39 is 110 Å². The summed E-state index contributed by atoms with van der Waals surface area (Å²) in [7, 11) is 0. The second kappa shape index (κ2) is 16.0. The molecule has 12 atom stereocenters. The van der Waals surface area contributed by atoms with Crippen LogP contribution in [0.25, 0.3) is 0 Å². The van der Waals surface area contributed by atoms with Crippen LogP contribution in [0, 0.1) is 0 Å². The number of amides is 4. The average molecular weight is 654 g/mol. The Morgan fingerprint density at radius 2 is 1.11 bits per heavy atom. The average Bonchev–Trinajstić information content (AvgIpc) is 3.04. The fourth-order valence-corrected chi connectivity index (χ4v) is 5.65. The van der Waals surface area contributed by atoms with Crippen LogP contribution in [0.1, 0.15) is 24.8 Å².